The zero-order chi connectivity index (χ0) is 23.1. The Bertz CT molecular complexity index is 1180. The van der Waals surface area contributed by atoms with Crippen LogP contribution in [0.15, 0.2) is 70.9 Å². The fourth-order valence-corrected chi connectivity index (χ4v) is 4.82. The number of thiophene rings is 1. The van der Waals surface area contributed by atoms with Gasteiger partial charge in [0.25, 0.3) is 5.91 Å². The predicted molar refractivity (Wildman–Crippen MR) is 123 cm³/mol. The van der Waals surface area contributed by atoms with E-state index in [1.807, 2.05) is 17.5 Å². The highest BCUT2D eigenvalue weighted by atomic mass is 35.5. The highest BCUT2D eigenvalue weighted by Crippen LogP contribution is 2.21. The van der Waals surface area contributed by atoms with E-state index in [2.05, 4.69) is 10.0 Å². The lowest BCUT2D eigenvalue weighted by Crippen LogP contribution is -2.31. The molecular formula is C22H21ClN2O5S2. The molecule has 0 bridgehead atoms. The van der Waals surface area contributed by atoms with Crippen molar-refractivity contribution in [2.45, 2.75) is 23.9 Å². The molecule has 1 amide bonds. The molecule has 168 valence electrons. The van der Waals surface area contributed by atoms with Gasteiger partial charge in [0.05, 0.1) is 24.5 Å². The van der Waals surface area contributed by atoms with Crippen LogP contribution in [0.3, 0.4) is 0 Å². The van der Waals surface area contributed by atoms with Gasteiger partial charge < -0.3 is 10.1 Å². The van der Waals surface area contributed by atoms with E-state index in [1.54, 1.807) is 24.3 Å². The van der Waals surface area contributed by atoms with Gasteiger partial charge in [0.1, 0.15) is 0 Å². The third kappa shape index (κ3) is 6.39. The van der Waals surface area contributed by atoms with E-state index in [9.17, 15) is 18.0 Å². The summed E-state index contributed by atoms with van der Waals surface area (Å²) in [5, 5.41) is 5.15. The van der Waals surface area contributed by atoms with E-state index in [-0.39, 0.29) is 23.4 Å². The van der Waals surface area contributed by atoms with Crippen LogP contribution in [0.1, 0.15) is 33.3 Å². The molecule has 0 saturated carbocycles. The number of hydrogen-bond donors (Lipinski definition) is 2. The van der Waals surface area contributed by atoms with Gasteiger partial charge in [0.2, 0.25) is 10.0 Å². The van der Waals surface area contributed by atoms with Gasteiger partial charge in [0.15, 0.2) is 0 Å². The molecule has 0 aliphatic carbocycles. The highest BCUT2D eigenvalue weighted by Gasteiger charge is 2.21. The van der Waals surface area contributed by atoms with Crippen LogP contribution in [0.25, 0.3) is 0 Å². The lowest BCUT2D eigenvalue weighted by Gasteiger charge is -2.18. The lowest BCUT2D eigenvalue weighted by atomic mass is 10.0. The number of carbonyl (C=O) groups is 2. The third-order valence-corrected chi connectivity index (χ3v) is 7.13. The van der Waals surface area contributed by atoms with Crippen LogP contribution in [0.2, 0.25) is 5.02 Å². The fraction of sp³-hybridized carbons (Fsp3) is 0.182. The van der Waals surface area contributed by atoms with Crippen molar-refractivity contribution < 1.29 is 22.7 Å². The smallest absolute Gasteiger partial charge is 0.307 e. The van der Waals surface area contributed by atoms with Crippen LogP contribution < -0.4 is 10.0 Å². The molecule has 7 nitrogen and oxygen atoms in total. The summed E-state index contributed by atoms with van der Waals surface area (Å²) < 4.78 is 32.6. The van der Waals surface area contributed by atoms with Crippen molar-refractivity contribution in [1.29, 1.82) is 0 Å². The zero-order valence-electron chi connectivity index (χ0n) is 17.1. The number of carbonyl (C=O) groups excluding carboxylic acids is 2. The Labute approximate surface area is 195 Å². The zero-order valence-corrected chi connectivity index (χ0v) is 19.5. The van der Waals surface area contributed by atoms with Gasteiger partial charge >= 0.3 is 5.97 Å². The lowest BCUT2D eigenvalue weighted by molar-refractivity contribution is -0.141. The Balaban J connectivity index is 1.78. The molecule has 3 rings (SSSR count). The summed E-state index contributed by atoms with van der Waals surface area (Å²) in [7, 11) is -2.55. The molecule has 1 aromatic heterocycles. The van der Waals surface area contributed by atoms with Crippen LogP contribution in [0.5, 0.6) is 0 Å². The molecular weight excluding hydrogens is 472 g/mol. The molecule has 0 radical (unpaired) electrons. The number of hydrogen-bond acceptors (Lipinski definition) is 6. The minimum absolute atomic E-state index is 0.0299. The number of methoxy groups -OCH3 is 1. The number of sulfonamides is 1. The molecule has 1 heterocycles. The summed E-state index contributed by atoms with van der Waals surface area (Å²) in [5.41, 5.74) is 0.808. The molecule has 2 aromatic carbocycles. The van der Waals surface area contributed by atoms with Gasteiger partial charge in [-0.15, -0.1) is 11.3 Å². The molecule has 0 aliphatic heterocycles. The second kappa shape index (κ2) is 10.7. The number of amides is 1. The van der Waals surface area contributed by atoms with Crippen molar-refractivity contribution in [3.05, 3.63) is 87.1 Å². The van der Waals surface area contributed by atoms with Gasteiger partial charge in [-0.05, 0) is 47.3 Å². The van der Waals surface area contributed by atoms with Gasteiger partial charge in [-0.3, -0.25) is 9.59 Å². The SMILES string of the molecule is COC(=O)CC(NC(=O)c1cccc(S(=O)(=O)NCc2cccs2)c1)c1ccc(Cl)cc1. The summed E-state index contributed by atoms with van der Waals surface area (Å²) in [6, 6.07) is 15.4. The average Bonchev–Trinajstić information content (AvgIpc) is 3.31. The van der Waals surface area contributed by atoms with Crippen molar-refractivity contribution in [2.24, 2.45) is 0 Å². The van der Waals surface area contributed by atoms with E-state index in [1.165, 1.54) is 42.7 Å². The van der Waals surface area contributed by atoms with E-state index < -0.39 is 27.9 Å². The predicted octanol–water partition coefficient (Wildman–Crippen LogP) is 3.91. The second-order valence-electron chi connectivity index (χ2n) is 6.79. The van der Waals surface area contributed by atoms with Crippen molar-refractivity contribution in [3.8, 4) is 0 Å². The first-order valence-electron chi connectivity index (χ1n) is 9.54. The van der Waals surface area contributed by atoms with Crippen LogP contribution in [-0.4, -0.2) is 27.4 Å². The summed E-state index contributed by atoms with van der Waals surface area (Å²) in [5.74, 6) is -1.02. The monoisotopic (exact) mass is 492 g/mol. The Morgan fingerprint density at radius 1 is 1.09 bits per heavy atom. The second-order valence-corrected chi connectivity index (χ2v) is 10.0. The standard InChI is InChI=1S/C22H21ClN2O5S2/c1-30-21(26)13-20(15-7-9-17(23)10-8-15)25-22(27)16-4-2-6-19(12-16)32(28,29)24-14-18-5-3-11-31-18/h2-12,20,24H,13-14H2,1H3,(H,25,27). The molecule has 2 N–H and O–H groups in total. The first kappa shape index (κ1) is 23.9. The number of halogens is 1. The van der Waals surface area contributed by atoms with Crippen LogP contribution in [0, 0.1) is 0 Å². The van der Waals surface area contributed by atoms with Crippen molar-refractivity contribution in [2.75, 3.05) is 7.11 Å². The molecule has 32 heavy (non-hydrogen) atoms. The first-order valence-corrected chi connectivity index (χ1v) is 12.3. The number of esters is 1. The average molecular weight is 493 g/mol. The largest absolute Gasteiger partial charge is 0.469 e. The Morgan fingerprint density at radius 3 is 2.50 bits per heavy atom. The van der Waals surface area contributed by atoms with E-state index in [0.717, 1.165) is 4.88 Å². The normalized spacial score (nSPS) is 12.2. The van der Waals surface area contributed by atoms with Gasteiger partial charge in [-0.25, -0.2) is 13.1 Å². The summed E-state index contributed by atoms with van der Waals surface area (Å²) in [6.45, 7) is 0.161. The van der Waals surface area contributed by atoms with Crippen LogP contribution >= 0.6 is 22.9 Å². The van der Waals surface area contributed by atoms with E-state index in [4.69, 9.17) is 16.3 Å². The number of benzene rings is 2. The number of nitrogens with one attached hydrogen (secondary N) is 2. The van der Waals surface area contributed by atoms with Gasteiger partial charge in [0, 0.05) is 22.0 Å². The maximum Gasteiger partial charge on any atom is 0.307 e. The van der Waals surface area contributed by atoms with Crippen molar-refractivity contribution in [3.63, 3.8) is 0 Å². The highest BCUT2D eigenvalue weighted by molar-refractivity contribution is 7.89. The van der Waals surface area contributed by atoms with E-state index >= 15 is 0 Å². The Kier molecular flexibility index (Phi) is 8.03. The summed E-state index contributed by atoms with van der Waals surface area (Å²) >= 11 is 7.37. The molecule has 3 aromatic rings. The molecule has 0 aliphatic rings. The number of ether oxygens (including phenoxy) is 1. The van der Waals surface area contributed by atoms with Crippen LogP contribution in [-0.2, 0) is 26.1 Å². The van der Waals surface area contributed by atoms with E-state index in [0.29, 0.717) is 10.6 Å². The Hall–Kier alpha value is -2.72. The summed E-state index contributed by atoms with van der Waals surface area (Å²) in [6.07, 6.45) is -0.0930. The third-order valence-electron chi connectivity index (χ3n) is 4.60. The molecule has 1 unspecified atom stereocenters. The molecule has 1 atom stereocenters. The fourth-order valence-electron chi connectivity index (χ4n) is 2.91. The molecule has 10 heteroatoms. The maximum atomic E-state index is 12.9. The van der Waals surface area contributed by atoms with Gasteiger partial charge in [-0.1, -0.05) is 35.9 Å². The maximum absolute atomic E-state index is 12.9. The number of rotatable bonds is 9. The first-order chi connectivity index (χ1) is 15.3. The van der Waals surface area contributed by atoms with Crippen molar-refractivity contribution in [1.82, 2.24) is 10.0 Å². The quantitative estimate of drug-likeness (QED) is 0.441. The minimum atomic E-state index is -3.81. The van der Waals surface area contributed by atoms with Crippen LogP contribution in [0.4, 0.5) is 0 Å². The van der Waals surface area contributed by atoms with Crippen molar-refractivity contribution >= 4 is 44.8 Å². The van der Waals surface area contributed by atoms with Gasteiger partial charge in [-0.2, -0.15) is 0 Å². The minimum Gasteiger partial charge on any atom is -0.469 e. The topological polar surface area (TPSA) is 102 Å². The molecule has 0 fully saturated rings. The summed E-state index contributed by atoms with van der Waals surface area (Å²) in [4.78, 5) is 25.6. The Morgan fingerprint density at radius 2 is 1.84 bits per heavy atom. The molecule has 0 spiro atoms. The molecule has 0 saturated heterocycles.